The number of hydrogen-bond donors (Lipinski definition) is 1. The fraction of sp³-hybridized carbons (Fsp3) is 0.421. The van der Waals surface area contributed by atoms with Gasteiger partial charge in [-0.3, -0.25) is 10.2 Å². The Morgan fingerprint density at radius 1 is 1.35 bits per heavy atom. The molecular formula is C19H26N4O2S. The number of hydrogen-bond acceptors (Lipinski definition) is 7. The molecule has 0 amide bonds. The highest BCUT2D eigenvalue weighted by Crippen LogP contribution is 2.19. The van der Waals surface area contributed by atoms with Gasteiger partial charge >= 0.3 is 5.97 Å². The summed E-state index contributed by atoms with van der Waals surface area (Å²) in [6.07, 6.45) is 1.97. The Morgan fingerprint density at radius 3 is 2.77 bits per heavy atom. The van der Waals surface area contributed by atoms with Crippen molar-refractivity contribution >= 4 is 34.3 Å². The van der Waals surface area contributed by atoms with Gasteiger partial charge in [-0.15, -0.1) is 11.3 Å². The van der Waals surface area contributed by atoms with Crippen molar-refractivity contribution in [2.75, 3.05) is 30.0 Å². The topological polar surface area (TPSA) is 66.8 Å². The molecule has 2 rings (SSSR count). The number of esters is 1. The molecule has 26 heavy (non-hydrogen) atoms. The highest BCUT2D eigenvalue weighted by atomic mass is 32.1. The fourth-order valence-corrected chi connectivity index (χ4v) is 3.21. The standard InChI is InChI=1S/C19H26N4O2S/c1-5-23(6-2)17-9-8-15(14(4)10-17)12-20-22-19-21-16(13-26-19)11-18(24)25-7-3/h8-10,12-13H,5-7,11H2,1-4H3,(H,21,22). The van der Waals surface area contributed by atoms with Gasteiger partial charge in [0.25, 0.3) is 0 Å². The minimum absolute atomic E-state index is 0.182. The Bertz CT molecular complexity index is 754. The molecule has 1 aromatic heterocycles. The number of thiazole rings is 1. The van der Waals surface area contributed by atoms with Crippen molar-refractivity contribution in [3.63, 3.8) is 0 Å². The number of carbonyl (C=O) groups excluding carboxylic acids is 1. The zero-order chi connectivity index (χ0) is 18.9. The normalized spacial score (nSPS) is 10.9. The van der Waals surface area contributed by atoms with Gasteiger partial charge in [-0.25, -0.2) is 4.98 Å². The van der Waals surface area contributed by atoms with Gasteiger partial charge in [0.05, 0.1) is 24.9 Å². The smallest absolute Gasteiger partial charge is 0.311 e. The molecule has 0 saturated heterocycles. The van der Waals surface area contributed by atoms with Crippen LogP contribution >= 0.6 is 11.3 Å². The lowest BCUT2D eigenvalue weighted by Crippen LogP contribution is -2.21. The average Bonchev–Trinajstić information content (AvgIpc) is 3.05. The van der Waals surface area contributed by atoms with E-state index in [1.54, 1.807) is 13.1 Å². The monoisotopic (exact) mass is 374 g/mol. The zero-order valence-electron chi connectivity index (χ0n) is 15.8. The summed E-state index contributed by atoms with van der Waals surface area (Å²) in [6, 6.07) is 6.36. The second-order valence-corrected chi connectivity index (χ2v) is 6.57. The Labute approximate surface area is 158 Å². The summed E-state index contributed by atoms with van der Waals surface area (Å²) in [6.45, 7) is 10.5. The molecule has 1 heterocycles. The maximum absolute atomic E-state index is 11.5. The third-order valence-corrected chi connectivity index (χ3v) is 4.72. The summed E-state index contributed by atoms with van der Waals surface area (Å²) in [5, 5.41) is 6.74. The van der Waals surface area contributed by atoms with Crippen LogP contribution in [-0.2, 0) is 16.0 Å². The molecule has 0 saturated carbocycles. The summed E-state index contributed by atoms with van der Waals surface area (Å²) < 4.78 is 4.92. The number of ether oxygens (including phenoxy) is 1. The van der Waals surface area contributed by atoms with E-state index in [9.17, 15) is 4.79 Å². The number of aryl methyl sites for hydroxylation is 1. The molecule has 0 aliphatic carbocycles. The third-order valence-electron chi connectivity index (χ3n) is 3.93. The second kappa shape index (κ2) is 9.91. The highest BCUT2D eigenvalue weighted by Gasteiger charge is 2.08. The maximum Gasteiger partial charge on any atom is 0.311 e. The molecule has 0 radical (unpaired) electrons. The molecule has 0 atom stereocenters. The van der Waals surface area contributed by atoms with Gasteiger partial charge < -0.3 is 9.64 Å². The first-order valence-electron chi connectivity index (χ1n) is 8.82. The third kappa shape index (κ3) is 5.56. The van der Waals surface area contributed by atoms with Crippen LogP contribution in [0, 0.1) is 6.92 Å². The number of benzene rings is 1. The fourth-order valence-electron chi connectivity index (χ4n) is 2.55. The van der Waals surface area contributed by atoms with Crippen LogP contribution in [0.2, 0.25) is 0 Å². The van der Waals surface area contributed by atoms with Crippen molar-refractivity contribution in [1.82, 2.24) is 4.98 Å². The van der Waals surface area contributed by atoms with Gasteiger partial charge in [-0.1, -0.05) is 6.07 Å². The largest absolute Gasteiger partial charge is 0.466 e. The molecular weight excluding hydrogens is 348 g/mol. The van der Waals surface area contributed by atoms with E-state index in [1.165, 1.54) is 22.6 Å². The van der Waals surface area contributed by atoms with E-state index in [0.717, 1.165) is 18.7 Å². The molecule has 7 heteroatoms. The van der Waals surface area contributed by atoms with Gasteiger partial charge in [0.2, 0.25) is 5.13 Å². The lowest BCUT2D eigenvalue weighted by molar-refractivity contribution is -0.142. The molecule has 1 aromatic carbocycles. The minimum atomic E-state index is -0.267. The molecule has 0 spiro atoms. The number of rotatable bonds is 9. The quantitative estimate of drug-likeness (QED) is 0.410. The molecule has 0 aliphatic heterocycles. The van der Waals surface area contributed by atoms with E-state index in [4.69, 9.17) is 4.74 Å². The van der Waals surface area contributed by atoms with Crippen LogP contribution in [0.1, 0.15) is 37.6 Å². The lowest BCUT2D eigenvalue weighted by Gasteiger charge is -2.21. The summed E-state index contributed by atoms with van der Waals surface area (Å²) in [5.41, 5.74) is 7.05. The van der Waals surface area contributed by atoms with Gasteiger partial charge in [0, 0.05) is 24.2 Å². The number of hydrazone groups is 1. The zero-order valence-corrected chi connectivity index (χ0v) is 16.6. The second-order valence-electron chi connectivity index (χ2n) is 5.71. The molecule has 0 aliphatic rings. The first kappa shape index (κ1) is 19.9. The number of nitrogens with one attached hydrogen (secondary N) is 1. The molecule has 2 aromatic rings. The van der Waals surface area contributed by atoms with Crippen molar-refractivity contribution in [2.45, 2.75) is 34.1 Å². The summed E-state index contributed by atoms with van der Waals surface area (Å²) in [5.74, 6) is -0.267. The first-order valence-corrected chi connectivity index (χ1v) is 9.70. The number of aromatic nitrogens is 1. The van der Waals surface area contributed by atoms with Gasteiger partial charge in [-0.2, -0.15) is 5.10 Å². The lowest BCUT2D eigenvalue weighted by atomic mass is 10.1. The SMILES string of the molecule is CCOC(=O)Cc1csc(NN=Cc2ccc(N(CC)CC)cc2C)n1. The molecule has 0 fully saturated rings. The van der Waals surface area contributed by atoms with Gasteiger partial charge in [0.15, 0.2) is 0 Å². The van der Waals surface area contributed by atoms with E-state index < -0.39 is 0 Å². The minimum Gasteiger partial charge on any atom is -0.466 e. The van der Waals surface area contributed by atoms with E-state index in [2.05, 4.69) is 59.4 Å². The van der Waals surface area contributed by atoms with Crippen LogP contribution in [0.3, 0.4) is 0 Å². The van der Waals surface area contributed by atoms with Crippen molar-refractivity contribution < 1.29 is 9.53 Å². The van der Waals surface area contributed by atoms with Crippen LogP contribution < -0.4 is 10.3 Å². The van der Waals surface area contributed by atoms with E-state index >= 15 is 0 Å². The Balaban J connectivity index is 1.96. The van der Waals surface area contributed by atoms with Crippen LogP contribution in [0.15, 0.2) is 28.7 Å². The van der Waals surface area contributed by atoms with Crippen LogP contribution in [0.5, 0.6) is 0 Å². The molecule has 6 nitrogen and oxygen atoms in total. The van der Waals surface area contributed by atoms with Crippen molar-refractivity contribution in [3.05, 3.63) is 40.4 Å². The summed E-state index contributed by atoms with van der Waals surface area (Å²) in [7, 11) is 0. The van der Waals surface area contributed by atoms with E-state index in [1.807, 2.05) is 5.38 Å². The molecule has 0 unspecified atom stereocenters. The van der Waals surface area contributed by atoms with Crippen LogP contribution in [0.25, 0.3) is 0 Å². The average molecular weight is 375 g/mol. The van der Waals surface area contributed by atoms with Gasteiger partial charge in [-0.05, 0) is 51.0 Å². The summed E-state index contributed by atoms with van der Waals surface area (Å²) >= 11 is 1.41. The maximum atomic E-state index is 11.5. The number of carbonyl (C=O) groups is 1. The first-order chi connectivity index (χ1) is 12.6. The number of anilines is 2. The Hall–Kier alpha value is -2.41. The molecule has 0 bridgehead atoms. The predicted molar refractivity (Wildman–Crippen MR) is 108 cm³/mol. The van der Waals surface area contributed by atoms with Crippen molar-refractivity contribution in [2.24, 2.45) is 5.10 Å². The van der Waals surface area contributed by atoms with Crippen LogP contribution in [-0.4, -0.2) is 36.9 Å². The van der Waals surface area contributed by atoms with E-state index in [0.29, 0.717) is 17.4 Å². The highest BCUT2D eigenvalue weighted by molar-refractivity contribution is 7.13. The summed E-state index contributed by atoms with van der Waals surface area (Å²) in [4.78, 5) is 18.1. The Kier molecular flexibility index (Phi) is 7.59. The van der Waals surface area contributed by atoms with Crippen LogP contribution in [0.4, 0.5) is 10.8 Å². The molecule has 140 valence electrons. The molecule has 1 N–H and O–H groups in total. The van der Waals surface area contributed by atoms with Crippen molar-refractivity contribution in [1.29, 1.82) is 0 Å². The predicted octanol–water partition coefficient (Wildman–Crippen LogP) is 3.85. The Morgan fingerprint density at radius 2 is 2.12 bits per heavy atom. The number of nitrogens with zero attached hydrogens (tertiary/aromatic N) is 3. The van der Waals surface area contributed by atoms with Crippen molar-refractivity contribution in [3.8, 4) is 0 Å². The van der Waals surface area contributed by atoms with Gasteiger partial charge in [0.1, 0.15) is 0 Å². The van der Waals surface area contributed by atoms with E-state index in [-0.39, 0.29) is 12.4 Å².